The molecule has 1 aromatic carbocycles. The van der Waals surface area contributed by atoms with E-state index in [4.69, 9.17) is 10.5 Å². The molecule has 0 aliphatic heterocycles. The fourth-order valence-electron chi connectivity index (χ4n) is 1.81. The predicted molar refractivity (Wildman–Crippen MR) is 76.8 cm³/mol. The van der Waals surface area contributed by atoms with Crippen LogP contribution < -0.4 is 11.1 Å². The van der Waals surface area contributed by atoms with Gasteiger partial charge in [0, 0.05) is 25.9 Å². The van der Waals surface area contributed by atoms with Gasteiger partial charge < -0.3 is 15.8 Å². The molecule has 0 aliphatic rings. The maximum Gasteiger partial charge on any atom is 0.234 e. The Bertz CT molecular complexity index is 421. The number of methoxy groups -OCH3 is 1. The molecule has 1 amide bonds. The summed E-state index contributed by atoms with van der Waals surface area (Å²) in [5, 5.41) is 2.80. The SMILES string of the molecule is COCCNC(=O)CN(C)Cc1cccc(N)c1C. The summed E-state index contributed by atoms with van der Waals surface area (Å²) in [6.45, 7) is 4.13. The number of likely N-dealkylation sites (N-methyl/N-ethyl adjacent to an activating group) is 1. The summed E-state index contributed by atoms with van der Waals surface area (Å²) < 4.78 is 4.88. The molecule has 106 valence electrons. The predicted octanol–water partition coefficient (Wildman–Crippen LogP) is 0.772. The number of benzene rings is 1. The minimum absolute atomic E-state index is 0.00102. The maximum atomic E-state index is 11.6. The van der Waals surface area contributed by atoms with Crippen molar-refractivity contribution in [1.29, 1.82) is 0 Å². The third-order valence-electron chi connectivity index (χ3n) is 2.97. The lowest BCUT2D eigenvalue weighted by Crippen LogP contribution is -2.36. The lowest BCUT2D eigenvalue weighted by molar-refractivity contribution is -0.122. The summed E-state index contributed by atoms with van der Waals surface area (Å²) in [6, 6.07) is 5.85. The Morgan fingerprint density at radius 2 is 2.21 bits per heavy atom. The Morgan fingerprint density at radius 1 is 1.47 bits per heavy atom. The van der Waals surface area contributed by atoms with Crippen LogP contribution in [0.2, 0.25) is 0 Å². The van der Waals surface area contributed by atoms with Crippen LogP contribution in [0.1, 0.15) is 11.1 Å². The van der Waals surface area contributed by atoms with Crippen LogP contribution in [0, 0.1) is 6.92 Å². The van der Waals surface area contributed by atoms with Crippen molar-refractivity contribution in [3.8, 4) is 0 Å². The molecule has 0 unspecified atom stereocenters. The first-order chi connectivity index (χ1) is 9.04. The quantitative estimate of drug-likeness (QED) is 0.564. The first kappa shape index (κ1) is 15.5. The number of nitrogen functional groups attached to an aromatic ring is 1. The Labute approximate surface area is 114 Å². The van der Waals surface area contributed by atoms with E-state index in [1.807, 2.05) is 37.1 Å². The van der Waals surface area contributed by atoms with Gasteiger partial charge in [0.05, 0.1) is 13.2 Å². The number of carbonyl (C=O) groups is 1. The first-order valence-corrected chi connectivity index (χ1v) is 6.32. The van der Waals surface area contributed by atoms with Crippen LogP contribution in [0.4, 0.5) is 5.69 Å². The van der Waals surface area contributed by atoms with E-state index in [2.05, 4.69) is 5.32 Å². The topological polar surface area (TPSA) is 67.6 Å². The van der Waals surface area contributed by atoms with E-state index >= 15 is 0 Å². The molecule has 19 heavy (non-hydrogen) atoms. The Morgan fingerprint density at radius 3 is 2.89 bits per heavy atom. The highest BCUT2D eigenvalue weighted by Gasteiger charge is 2.08. The molecule has 0 saturated heterocycles. The Hall–Kier alpha value is -1.59. The van der Waals surface area contributed by atoms with Gasteiger partial charge in [-0.05, 0) is 31.2 Å². The van der Waals surface area contributed by atoms with Crippen LogP contribution in [0.5, 0.6) is 0 Å². The molecule has 0 heterocycles. The average molecular weight is 265 g/mol. The zero-order chi connectivity index (χ0) is 14.3. The van der Waals surface area contributed by atoms with Crippen molar-refractivity contribution in [2.75, 3.05) is 39.6 Å². The van der Waals surface area contributed by atoms with Gasteiger partial charge in [-0.25, -0.2) is 0 Å². The summed E-state index contributed by atoms with van der Waals surface area (Å²) in [5.74, 6) is 0.00102. The third-order valence-corrected chi connectivity index (χ3v) is 2.97. The molecule has 0 aromatic heterocycles. The van der Waals surface area contributed by atoms with Crippen LogP contribution in [-0.4, -0.2) is 44.7 Å². The van der Waals surface area contributed by atoms with Crippen molar-refractivity contribution in [3.05, 3.63) is 29.3 Å². The molecule has 5 heteroatoms. The van der Waals surface area contributed by atoms with Gasteiger partial charge in [0.2, 0.25) is 5.91 Å². The second-order valence-corrected chi connectivity index (χ2v) is 4.65. The van der Waals surface area contributed by atoms with E-state index in [9.17, 15) is 4.79 Å². The Kier molecular flexibility index (Phi) is 6.32. The van der Waals surface area contributed by atoms with E-state index in [1.54, 1.807) is 7.11 Å². The second kappa shape index (κ2) is 7.76. The number of hydrogen-bond donors (Lipinski definition) is 2. The molecule has 0 saturated carbocycles. The van der Waals surface area contributed by atoms with Gasteiger partial charge in [-0.2, -0.15) is 0 Å². The van der Waals surface area contributed by atoms with Crippen molar-refractivity contribution in [2.45, 2.75) is 13.5 Å². The number of carbonyl (C=O) groups excluding carboxylic acids is 1. The molecular weight excluding hydrogens is 242 g/mol. The van der Waals surface area contributed by atoms with Crippen LogP contribution in [0.3, 0.4) is 0 Å². The molecule has 1 rings (SSSR count). The molecular formula is C14H23N3O2. The van der Waals surface area contributed by atoms with Crippen LogP contribution in [0.25, 0.3) is 0 Å². The fourth-order valence-corrected chi connectivity index (χ4v) is 1.81. The molecule has 0 fully saturated rings. The standard InChI is InChI=1S/C14H23N3O2/c1-11-12(5-4-6-13(11)15)9-17(2)10-14(18)16-7-8-19-3/h4-6H,7-10,15H2,1-3H3,(H,16,18). The van der Waals surface area contributed by atoms with Crippen molar-refractivity contribution < 1.29 is 9.53 Å². The monoisotopic (exact) mass is 265 g/mol. The highest BCUT2D eigenvalue weighted by molar-refractivity contribution is 5.77. The maximum absolute atomic E-state index is 11.6. The number of nitrogens with one attached hydrogen (secondary N) is 1. The first-order valence-electron chi connectivity index (χ1n) is 6.32. The fraction of sp³-hybridized carbons (Fsp3) is 0.500. The largest absolute Gasteiger partial charge is 0.399 e. The van der Waals surface area contributed by atoms with Crippen molar-refractivity contribution in [3.63, 3.8) is 0 Å². The number of amides is 1. The van der Waals surface area contributed by atoms with Gasteiger partial charge in [0.1, 0.15) is 0 Å². The van der Waals surface area contributed by atoms with Gasteiger partial charge in [0.15, 0.2) is 0 Å². The number of nitrogens with two attached hydrogens (primary N) is 1. The third kappa shape index (κ3) is 5.28. The molecule has 0 atom stereocenters. The van der Waals surface area contributed by atoms with Crippen LogP contribution >= 0.6 is 0 Å². The lowest BCUT2D eigenvalue weighted by atomic mass is 10.1. The Balaban J connectivity index is 2.44. The van der Waals surface area contributed by atoms with E-state index < -0.39 is 0 Å². The normalized spacial score (nSPS) is 10.7. The minimum atomic E-state index is 0.00102. The molecule has 0 spiro atoms. The molecule has 5 nitrogen and oxygen atoms in total. The average Bonchev–Trinajstić information content (AvgIpc) is 2.35. The number of ether oxygens (including phenoxy) is 1. The smallest absolute Gasteiger partial charge is 0.234 e. The van der Waals surface area contributed by atoms with Gasteiger partial charge in [0.25, 0.3) is 0 Å². The lowest BCUT2D eigenvalue weighted by Gasteiger charge is -2.18. The highest BCUT2D eigenvalue weighted by Crippen LogP contribution is 2.16. The minimum Gasteiger partial charge on any atom is -0.399 e. The summed E-state index contributed by atoms with van der Waals surface area (Å²) >= 11 is 0. The van der Waals surface area contributed by atoms with E-state index in [-0.39, 0.29) is 5.91 Å². The zero-order valence-electron chi connectivity index (χ0n) is 11.9. The van der Waals surface area contributed by atoms with Gasteiger partial charge in [-0.1, -0.05) is 12.1 Å². The van der Waals surface area contributed by atoms with Crippen LogP contribution in [0.15, 0.2) is 18.2 Å². The number of hydrogen-bond acceptors (Lipinski definition) is 4. The second-order valence-electron chi connectivity index (χ2n) is 4.65. The van der Waals surface area contributed by atoms with Crippen molar-refractivity contribution >= 4 is 11.6 Å². The van der Waals surface area contributed by atoms with Crippen molar-refractivity contribution in [2.24, 2.45) is 0 Å². The summed E-state index contributed by atoms with van der Waals surface area (Å²) in [4.78, 5) is 13.6. The number of rotatable bonds is 7. The van der Waals surface area contributed by atoms with Gasteiger partial charge in [-0.15, -0.1) is 0 Å². The molecule has 0 radical (unpaired) electrons. The van der Waals surface area contributed by atoms with E-state index in [0.29, 0.717) is 26.2 Å². The zero-order valence-corrected chi connectivity index (χ0v) is 11.9. The molecule has 3 N–H and O–H groups in total. The van der Waals surface area contributed by atoms with Crippen LogP contribution in [-0.2, 0) is 16.1 Å². The molecule has 0 bridgehead atoms. The summed E-state index contributed by atoms with van der Waals surface area (Å²) in [7, 11) is 3.53. The summed E-state index contributed by atoms with van der Waals surface area (Å²) in [5.41, 5.74) is 8.88. The van der Waals surface area contributed by atoms with E-state index in [0.717, 1.165) is 16.8 Å². The van der Waals surface area contributed by atoms with E-state index in [1.165, 1.54) is 0 Å². The highest BCUT2D eigenvalue weighted by atomic mass is 16.5. The number of nitrogens with zero attached hydrogens (tertiary/aromatic N) is 1. The molecule has 1 aromatic rings. The van der Waals surface area contributed by atoms with Gasteiger partial charge >= 0.3 is 0 Å². The number of anilines is 1. The van der Waals surface area contributed by atoms with Crippen molar-refractivity contribution in [1.82, 2.24) is 10.2 Å². The molecule has 0 aliphatic carbocycles. The summed E-state index contributed by atoms with van der Waals surface area (Å²) in [6.07, 6.45) is 0. The van der Waals surface area contributed by atoms with Gasteiger partial charge in [-0.3, -0.25) is 9.69 Å².